The molecule has 4 atom stereocenters. The minimum atomic E-state index is 0.662. The molecule has 3 fully saturated rings. The van der Waals surface area contributed by atoms with Gasteiger partial charge in [0, 0.05) is 38.2 Å². The second-order valence-electron chi connectivity index (χ2n) is 9.71. The normalized spacial score (nSPS) is 29.7. The van der Waals surface area contributed by atoms with Crippen LogP contribution < -0.4 is 0 Å². The van der Waals surface area contributed by atoms with Crippen LogP contribution in [0.15, 0.2) is 30.7 Å². The zero-order valence-corrected chi connectivity index (χ0v) is 18.0. The van der Waals surface area contributed by atoms with Crippen LogP contribution in [0, 0.1) is 18.8 Å². The highest BCUT2D eigenvalue weighted by atomic mass is 16.5. The van der Waals surface area contributed by atoms with Gasteiger partial charge in [0.25, 0.3) is 0 Å². The van der Waals surface area contributed by atoms with Crippen LogP contribution >= 0.6 is 0 Å². The standard InChI is InChI=1S/C24H31N5O/c1-16-6-18-10-26-29(22-11-25-27(2)14-22)24(18)9-23(16)17-7-19-12-28(13-20(19)8-17)21-4-3-5-30-15-21/h6,9-11,14,17,19-21H,3-5,7-8,12-13,15H2,1-2H3/t17?,19-,20+,21?. The summed E-state index contributed by atoms with van der Waals surface area (Å²) in [7, 11) is 1.95. The summed E-state index contributed by atoms with van der Waals surface area (Å²) in [5.41, 5.74) is 5.16. The molecule has 1 saturated carbocycles. The first-order valence-corrected chi connectivity index (χ1v) is 11.4. The van der Waals surface area contributed by atoms with Crippen molar-refractivity contribution in [3.8, 4) is 5.69 Å². The average Bonchev–Trinajstić information content (AvgIpc) is 3.50. The fourth-order valence-electron chi connectivity index (χ4n) is 6.27. The highest BCUT2D eigenvalue weighted by molar-refractivity contribution is 5.82. The van der Waals surface area contributed by atoms with Crippen molar-refractivity contribution in [1.82, 2.24) is 24.5 Å². The van der Waals surface area contributed by atoms with Crippen molar-refractivity contribution in [1.29, 1.82) is 0 Å². The van der Waals surface area contributed by atoms with Gasteiger partial charge in [-0.05, 0) is 73.6 Å². The molecule has 2 unspecified atom stereocenters. The van der Waals surface area contributed by atoms with E-state index in [2.05, 4.69) is 34.2 Å². The van der Waals surface area contributed by atoms with E-state index in [4.69, 9.17) is 4.74 Å². The summed E-state index contributed by atoms with van der Waals surface area (Å²) in [5, 5.41) is 10.2. The van der Waals surface area contributed by atoms with E-state index in [1.165, 1.54) is 60.8 Å². The zero-order chi connectivity index (χ0) is 20.2. The molecule has 4 heterocycles. The Hall–Kier alpha value is -2.18. The van der Waals surface area contributed by atoms with E-state index in [1.54, 1.807) is 0 Å². The molecule has 0 amide bonds. The molecular weight excluding hydrogens is 374 g/mol. The monoisotopic (exact) mass is 405 g/mol. The first kappa shape index (κ1) is 18.6. The molecule has 0 radical (unpaired) electrons. The van der Waals surface area contributed by atoms with Gasteiger partial charge in [-0.1, -0.05) is 0 Å². The average molecular weight is 406 g/mol. The Balaban J connectivity index is 1.24. The third-order valence-electron chi connectivity index (χ3n) is 7.76. The molecular formula is C24H31N5O. The van der Waals surface area contributed by atoms with Gasteiger partial charge in [0.05, 0.1) is 30.7 Å². The molecule has 0 spiro atoms. The quantitative estimate of drug-likeness (QED) is 0.667. The molecule has 2 saturated heterocycles. The molecule has 6 nitrogen and oxygen atoms in total. The largest absolute Gasteiger partial charge is 0.380 e. The van der Waals surface area contributed by atoms with Gasteiger partial charge in [-0.3, -0.25) is 9.58 Å². The van der Waals surface area contributed by atoms with E-state index < -0.39 is 0 Å². The van der Waals surface area contributed by atoms with Crippen LogP contribution in [0.4, 0.5) is 0 Å². The summed E-state index contributed by atoms with van der Waals surface area (Å²) in [6.07, 6.45) is 11.1. The van der Waals surface area contributed by atoms with Crippen molar-refractivity contribution in [3.63, 3.8) is 0 Å². The van der Waals surface area contributed by atoms with Gasteiger partial charge in [-0.25, -0.2) is 4.68 Å². The fourth-order valence-corrected chi connectivity index (χ4v) is 6.27. The molecule has 30 heavy (non-hydrogen) atoms. The fraction of sp³-hybridized carbons (Fsp3) is 0.583. The predicted molar refractivity (Wildman–Crippen MR) is 117 cm³/mol. The number of benzene rings is 1. The predicted octanol–water partition coefficient (Wildman–Crippen LogP) is 3.67. The van der Waals surface area contributed by atoms with Gasteiger partial charge in [-0.15, -0.1) is 0 Å². The first-order chi connectivity index (χ1) is 14.7. The number of rotatable bonds is 3. The Bertz CT molecular complexity index is 1050. The van der Waals surface area contributed by atoms with Crippen molar-refractivity contribution in [2.75, 3.05) is 26.3 Å². The number of aromatic nitrogens is 4. The van der Waals surface area contributed by atoms with Crippen molar-refractivity contribution >= 4 is 10.9 Å². The van der Waals surface area contributed by atoms with Crippen molar-refractivity contribution < 1.29 is 4.74 Å². The molecule has 3 aromatic rings. The van der Waals surface area contributed by atoms with Gasteiger partial charge >= 0.3 is 0 Å². The van der Waals surface area contributed by atoms with Crippen molar-refractivity contribution in [3.05, 3.63) is 41.9 Å². The lowest BCUT2D eigenvalue weighted by Crippen LogP contribution is -2.40. The number of nitrogens with zero attached hydrogens (tertiary/aromatic N) is 5. The second kappa shape index (κ2) is 7.20. The van der Waals surface area contributed by atoms with Gasteiger partial charge in [0.2, 0.25) is 0 Å². The maximum atomic E-state index is 5.75. The van der Waals surface area contributed by atoms with E-state index in [0.717, 1.165) is 30.7 Å². The van der Waals surface area contributed by atoms with Gasteiger partial charge in [0.1, 0.15) is 5.69 Å². The van der Waals surface area contributed by atoms with E-state index in [9.17, 15) is 0 Å². The van der Waals surface area contributed by atoms with Crippen LogP contribution in [0.1, 0.15) is 42.7 Å². The van der Waals surface area contributed by atoms with Gasteiger partial charge in [0.15, 0.2) is 0 Å². The summed E-state index contributed by atoms with van der Waals surface area (Å²) in [5.74, 6) is 2.36. The molecule has 6 rings (SSSR count). The summed E-state index contributed by atoms with van der Waals surface area (Å²) in [4.78, 5) is 2.73. The summed E-state index contributed by atoms with van der Waals surface area (Å²) < 4.78 is 9.62. The Kier molecular flexibility index (Phi) is 4.46. The lowest BCUT2D eigenvalue weighted by atomic mass is 9.91. The van der Waals surface area contributed by atoms with Gasteiger partial charge < -0.3 is 4.74 Å². The Labute approximate surface area is 177 Å². The number of ether oxygens (including phenoxy) is 1. The van der Waals surface area contributed by atoms with Crippen LogP contribution in [0.2, 0.25) is 0 Å². The molecule has 6 heteroatoms. The van der Waals surface area contributed by atoms with E-state index >= 15 is 0 Å². The molecule has 0 bridgehead atoms. The molecule has 3 aliphatic rings. The SMILES string of the molecule is Cc1cc2cnn(-c3cnn(C)c3)c2cc1C1C[C@@H]2CN(C3CCCOC3)C[C@@H]2C1. The third-order valence-corrected chi connectivity index (χ3v) is 7.76. The van der Waals surface area contributed by atoms with Crippen LogP contribution in [0.25, 0.3) is 16.6 Å². The van der Waals surface area contributed by atoms with Gasteiger partial charge in [-0.2, -0.15) is 10.2 Å². The topological polar surface area (TPSA) is 48.1 Å². The minimum absolute atomic E-state index is 0.662. The van der Waals surface area contributed by atoms with Crippen LogP contribution in [-0.2, 0) is 11.8 Å². The zero-order valence-electron chi connectivity index (χ0n) is 18.0. The molecule has 2 aliphatic heterocycles. The number of hydrogen-bond acceptors (Lipinski definition) is 4. The number of fused-ring (bicyclic) bond motifs is 2. The van der Waals surface area contributed by atoms with Crippen LogP contribution in [0.3, 0.4) is 0 Å². The Morgan fingerprint density at radius 3 is 2.60 bits per heavy atom. The first-order valence-electron chi connectivity index (χ1n) is 11.4. The highest BCUT2D eigenvalue weighted by Gasteiger charge is 2.43. The summed E-state index contributed by atoms with van der Waals surface area (Å²) in [6, 6.07) is 5.39. The minimum Gasteiger partial charge on any atom is -0.380 e. The smallest absolute Gasteiger partial charge is 0.103 e. The maximum absolute atomic E-state index is 5.75. The highest BCUT2D eigenvalue weighted by Crippen LogP contribution is 2.48. The van der Waals surface area contributed by atoms with Crippen molar-refractivity contribution in [2.45, 2.75) is 44.6 Å². The van der Waals surface area contributed by atoms with Crippen LogP contribution in [-0.4, -0.2) is 56.8 Å². The van der Waals surface area contributed by atoms with E-state index in [0.29, 0.717) is 12.0 Å². The molecule has 0 N–H and O–H groups in total. The molecule has 2 aromatic heterocycles. The lowest BCUT2D eigenvalue weighted by Gasteiger charge is -2.32. The molecule has 158 valence electrons. The maximum Gasteiger partial charge on any atom is 0.103 e. The van der Waals surface area contributed by atoms with E-state index in [1.807, 2.05) is 35.0 Å². The van der Waals surface area contributed by atoms with Crippen molar-refractivity contribution in [2.24, 2.45) is 18.9 Å². The Morgan fingerprint density at radius 1 is 1.07 bits per heavy atom. The lowest BCUT2D eigenvalue weighted by molar-refractivity contribution is 0.0238. The number of hydrogen-bond donors (Lipinski definition) is 0. The number of likely N-dealkylation sites (tertiary alicyclic amines) is 1. The van der Waals surface area contributed by atoms with Crippen LogP contribution in [0.5, 0.6) is 0 Å². The summed E-state index contributed by atoms with van der Waals surface area (Å²) >= 11 is 0. The third kappa shape index (κ3) is 3.08. The van der Waals surface area contributed by atoms with E-state index in [-0.39, 0.29) is 0 Å². The summed E-state index contributed by atoms with van der Waals surface area (Å²) in [6.45, 7) is 6.71. The molecule has 1 aromatic carbocycles. The second-order valence-corrected chi connectivity index (χ2v) is 9.71. The molecule has 1 aliphatic carbocycles. The number of aryl methyl sites for hydroxylation is 2. The Morgan fingerprint density at radius 2 is 1.90 bits per heavy atom.